The molecule has 1 saturated heterocycles. The first-order valence-electron chi connectivity index (χ1n) is 7.45. The number of sulfone groups is 1. The quantitative estimate of drug-likeness (QED) is 0.821. The second-order valence-electron chi connectivity index (χ2n) is 5.91. The van der Waals surface area contributed by atoms with Gasteiger partial charge in [0.15, 0.2) is 14.0 Å². The predicted molar refractivity (Wildman–Crippen MR) is 87.0 cm³/mol. The number of hydrogen-bond donors (Lipinski definition) is 0. The molecule has 0 saturated carbocycles. The molecule has 0 aromatic carbocycles. The molecule has 0 radical (unpaired) electrons. The summed E-state index contributed by atoms with van der Waals surface area (Å²) in [4.78, 5) is 10.8. The van der Waals surface area contributed by atoms with Crippen LogP contribution in [-0.4, -0.2) is 52.2 Å². The molecule has 124 valence electrons. The summed E-state index contributed by atoms with van der Waals surface area (Å²) in [5.74, 6) is 0.945. The van der Waals surface area contributed by atoms with Crippen molar-refractivity contribution in [3.05, 3.63) is 29.5 Å². The Labute approximate surface area is 139 Å². The second kappa shape index (κ2) is 6.58. The molecule has 0 bridgehead atoms. The summed E-state index contributed by atoms with van der Waals surface area (Å²) in [7, 11) is -3.24. The van der Waals surface area contributed by atoms with Crippen molar-refractivity contribution in [3.8, 4) is 0 Å². The first-order chi connectivity index (χ1) is 10.9. The van der Waals surface area contributed by atoms with E-state index in [4.69, 9.17) is 0 Å². The lowest BCUT2D eigenvalue weighted by molar-refractivity contribution is 0.202. The van der Waals surface area contributed by atoms with Crippen LogP contribution in [0.3, 0.4) is 0 Å². The zero-order valence-electron chi connectivity index (χ0n) is 13.1. The largest absolute Gasteiger partial charge is 0.299 e. The Morgan fingerprint density at radius 3 is 2.52 bits per heavy atom. The molecule has 2 aromatic heterocycles. The topological polar surface area (TPSA) is 88.9 Å². The maximum atomic E-state index is 11.8. The van der Waals surface area contributed by atoms with Crippen LogP contribution in [-0.2, 0) is 16.4 Å². The van der Waals surface area contributed by atoms with Gasteiger partial charge in [0, 0.05) is 48.2 Å². The average Bonchev–Trinajstić information content (AvgIpc) is 3.00. The van der Waals surface area contributed by atoms with Crippen LogP contribution >= 0.6 is 11.5 Å². The molecule has 1 aliphatic rings. The van der Waals surface area contributed by atoms with Gasteiger partial charge < -0.3 is 0 Å². The Morgan fingerprint density at radius 2 is 1.91 bits per heavy atom. The lowest BCUT2D eigenvalue weighted by Crippen LogP contribution is -2.33. The number of aromatic nitrogens is 4. The molecule has 3 rings (SSSR count). The van der Waals surface area contributed by atoms with Crippen LogP contribution in [0.2, 0.25) is 0 Å². The third kappa shape index (κ3) is 3.91. The zero-order valence-corrected chi connectivity index (χ0v) is 14.8. The molecule has 23 heavy (non-hydrogen) atoms. The van der Waals surface area contributed by atoms with Gasteiger partial charge in [-0.05, 0) is 32.9 Å². The number of rotatable bonds is 4. The molecule has 0 N–H and O–H groups in total. The van der Waals surface area contributed by atoms with Crippen LogP contribution in [0.5, 0.6) is 0 Å². The van der Waals surface area contributed by atoms with E-state index < -0.39 is 9.84 Å². The highest BCUT2D eigenvalue weighted by Gasteiger charge is 2.28. The van der Waals surface area contributed by atoms with Crippen LogP contribution in [0.25, 0.3) is 0 Å². The molecule has 3 heterocycles. The van der Waals surface area contributed by atoms with Gasteiger partial charge in [-0.1, -0.05) is 4.49 Å². The lowest BCUT2D eigenvalue weighted by Gasteiger charge is -2.31. The number of nitrogens with zero attached hydrogens (tertiary/aromatic N) is 5. The Kier molecular flexibility index (Phi) is 4.69. The van der Waals surface area contributed by atoms with Crippen LogP contribution in [0.4, 0.5) is 0 Å². The predicted octanol–water partition coefficient (Wildman–Crippen LogP) is 1.42. The number of hydrogen-bond acceptors (Lipinski definition) is 8. The van der Waals surface area contributed by atoms with Gasteiger partial charge in [0.25, 0.3) is 0 Å². The van der Waals surface area contributed by atoms with E-state index in [0.29, 0.717) is 9.90 Å². The number of aryl methyl sites for hydroxylation is 1. The lowest BCUT2D eigenvalue weighted by atomic mass is 9.94. The van der Waals surface area contributed by atoms with Gasteiger partial charge in [-0.3, -0.25) is 4.90 Å². The molecule has 0 aliphatic carbocycles. The normalized spacial score (nSPS) is 17.5. The minimum atomic E-state index is -3.24. The van der Waals surface area contributed by atoms with Crippen LogP contribution in [0.15, 0.2) is 16.6 Å². The van der Waals surface area contributed by atoms with E-state index in [0.717, 1.165) is 55.4 Å². The summed E-state index contributed by atoms with van der Waals surface area (Å²) in [6, 6.07) is 0. The number of likely N-dealkylation sites (tertiary alicyclic amines) is 1. The maximum absolute atomic E-state index is 11.8. The molecule has 7 nitrogen and oxygen atoms in total. The third-order valence-corrected chi connectivity index (χ3v) is 6.59. The van der Waals surface area contributed by atoms with Crippen molar-refractivity contribution in [1.82, 2.24) is 24.5 Å². The monoisotopic (exact) mass is 353 g/mol. The van der Waals surface area contributed by atoms with Gasteiger partial charge in [-0.2, -0.15) is 0 Å². The van der Waals surface area contributed by atoms with Crippen molar-refractivity contribution >= 4 is 21.4 Å². The Bertz CT molecular complexity index is 765. The second-order valence-corrected chi connectivity index (χ2v) is 8.87. The van der Waals surface area contributed by atoms with Crippen molar-refractivity contribution in [3.63, 3.8) is 0 Å². The standard InChI is InChI=1S/C14H19N5O2S2/c1-10-15-7-11(8-16-10)9-19-5-3-12(4-6-19)13-14(22-18-17-13)23(2,20)21/h7-8,12H,3-6,9H2,1-2H3. The van der Waals surface area contributed by atoms with Crippen molar-refractivity contribution < 1.29 is 8.42 Å². The Hall–Kier alpha value is -1.45. The first kappa shape index (κ1) is 16.4. The summed E-state index contributed by atoms with van der Waals surface area (Å²) in [5, 5.41) is 4.08. The van der Waals surface area contributed by atoms with Crippen molar-refractivity contribution in [2.24, 2.45) is 0 Å². The number of piperidine rings is 1. The SMILES string of the molecule is Cc1ncc(CN2CCC(c3nnsc3S(C)(=O)=O)CC2)cn1. The zero-order chi connectivity index (χ0) is 16.4. The van der Waals surface area contributed by atoms with E-state index in [-0.39, 0.29) is 5.92 Å². The van der Waals surface area contributed by atoms with E-state index in [1.807, 2.05) is 19.3 Å². The summed E-state index contributed by atoms with van der Waals surface area (Å²) >= 11 is 0.976. The van der Waals surface area contributed by atoms with Crippen molar-refractivity contribution in [1.29, 1.82) is 0 Å². The first-order valence-corrected chi connectivity index (χ1v) is 10.1. The van der Waals surface area contributed by atoms with E-state index in [2.05, 4.69) is 24.5 Å². The van der Waals surface area contributed by atoms with E-state index in [1.165, 1.54) is 6.26 Å². The summed E-state index contributed by atoms with van der Waals surface area (Å²) in [6.07, 6.45) is 6.72. The highest BCUT2D eigenvalue weighted by Crippen LogP contribution is 2.32. The Morgan fingerprint density at radius 1 is 1.26 bits per heavy atom. The van der Waals surface area contributed by atoms with Gasteiger partial charge in [0.2, 0.25) is 0 Å². The molecular weight excluding hydrogens is 334 g/mol. The van der Waals surface area contributed by atoms with E-state index in [9.17, 15) is 8.42 Å². The molecule has 0 amide bonds. The summed E-state index contributed by atoms with van der Waals surface area (Å²) < 4.78 is 27.8. The van der Waals surface area contributed by atoms with Gasteiger partial charge in [-0.15, -0.1) is 5.10 Å². The fourth-order valence-corrected chi connectivity index (χ4v) is 4.55. The molecular formula is C14H19N5O2S2. The highest BCUT2D eigenvalue weighted by molar-refractivity contribution is 7.92. The highest BCUT2D eigenvalue weighted by atomic mass is 32.2. The fourth-order valence-electron chi connectivity index (χ4n) is 2.82. The van der Waals surface area contributed by atoms with E-state index >= 15 is 0 Å². The molecule has 0 unspecified atom stereocenters. The average molecular weight is 353 g/mol. The molecule has 1 aliphatic heterocycles. The van der Waals surface area contributed by atoms with E-state index in [1.54, 1.807) is 0 Å². The Balaban J connectivity index is 1.63. The van der Waals surface area contributed by atoms with Crippen molar-refractivity contribution in [2.75, 3.05) is 19.3 Å². The minimum Gasteiger partial charge on any atom is -0.299 e. The minimum absolute atomic E-state index is 0.170. The maximum Gasteiger partial charge on any atom is 0.188 e. The summed E-state index contributed by atoms with van der Waals surface area (Å²) in [5.41, 5.74) is 1.75. The molecule has 9 heteroatoms. The molecule has 2 aromatic rings. The molecule has 0 spiro atoms. The molecule has 1 fully saturated rings. The third-order valence-electron chi connectivity index (χ3n) is 4.03. The van der Waals surface area contributed by atoms with Gasteiger partial charge >= 0.3 is 0 Å². The van der Waals surface area contributed by atoms with Crippen LogP contribution in [0.1, 0.15) is 35.8 Å². The summed E-state index contributed by atoms with van der Waals surface area (Å²) in [6.45, 7) is 4.50. The van der Waals surface area contributed by atoms with Gasteiger partial charge in [0.1, 0.15) is 5.82 Å². The van der Waals surface area contributed by atoms with Crippen LogP contribution < -0.4 is 0 Å². The van der Waals surface area contributed by atoms with Crippen LogP contribution in [0, 0.1) is 6.92 Å². The molecule has 0 atom stereocenters. The van der Waals surface area contributed by atoms with Gasteiger partial charge in [-0.25, -0.2) is 18.4 Å². The fraction of sp³-hybridized carbons (Fsp3) is 0.571. The van der Waals surface area contributed by atoms with Crippen molar-refractivity contribution in [2.45, 2.75) is 36.4 Å². The van der Waals surface area contributed by atoms with Gasteiger partial charge in [0.05, 0.1) is 5.69 Å². The smallest absolute Gasteiger partial charge is 0.188 e.